The maximum atomic E-state index is 13.4. The minimum atomic E-state index is -3.43. The van der Waals surface area contributed by atoms with Gasteiger partial charge in [-0.15, -0.1) is 33.7 Å². The number of Topliss-reactive ketones (excluding diaryl/α,β-unsaturated/α-hetero) is 3. The maximum Gasteiger partial charge on any atom is 0.372 e. The van der Waals surface area contributed by atoms with Crippen molar-refractivity contribution in [2.24, 2.45) is 121 Å². The number of hydrogen-bond acceptors (Lipinski definition) is 18. The van der Waals surface area contributed by atoms with E-state index in [1.54, 1.807) is 46.5 Å². The van der Waals surface area contributed by atoms with E-state index in [2.05, 4.69) is 93.2 Å². The number of carbonyl (C=O) groups excluding carboxylic acids is 4. The summed E-state index contributed by atoms with van der Waals surface area (Å²) in [5, 5.41) is 64.1. The zero-order valence-electron chi connectivity index (χ0n) is 65.8. The molecule has 3 aromatic heterocycles. The fourth-order valence-corrected chi connectivity index (χ4v) is 28.3. The van der Waals surface area contributed by atoms with Crippen LogP contribution in [0.2, 0.25) is 5.02 Å². The highest BCUT2D eigenvalue weighted by Crippen LogP contribution is 2.72. The van der Waals surface area contributed by atoms with Crippen molar-refractivity contribution < 1.29 is 53.1 Å². The van der Waals surface area contributed by atoms with Crippen LogP contribution in [-0.4, -0.2) is 133 Å². The van der Waals surface area contributed by atoms with Crippen LogP contribution < -0.4 is 0 Å². The van der Waals surface area contributed by atoms with Crippen molar-refractivity contribution in [2.45, 2.75) is 303 Å². The van der Waals surface area contributed by atoms with Crippen LogP contribution in [0.25, 0.3) is 0 Å². The van der Waals surface area contributed by atoms with E-state index in [0.29, 0.717) is 86.1 Å². The van der Waals surface area contributed by atoms with Crippen molar-refractivity contribution in [2.75, 3.05) is 24.1 Å². The van der Waals surface area contributed by atoms with E-state index >= 15 is 0 Å². The summed E-state index contributed by atoms with van der Waals surface area (Å²) in [6.07, 6.45) is 42.8. The fraction of sp³-hybridized carbons (Fsp3) is 0.802. The fourth-order valence-electron chi connectivity index (χ4n) is 26.5. The molecule has 24 atom stereocenters. The number of thioether (sulfide) groups is 2. The molecule has 12 aliphatic carbocycles. The van der Waals surface area contributed by atoms with E-state index in [9.17, 15) is 42.9 Å². The first-order chi connectivity index (χ1) is 50.4. The molecule has 0 spiro atoms. The number of carbonyl (C=O) groups is 4. The zero-order chi connectivity index (χ0) is 77.2. The van der Waals surface area contributed by atoms with Crippen molar-refractivity contribution in [1.82, 2.24) is 40.2 Å². The SMILES string of the molecule is C.C.C.CSc1cn(CC(=O)[C@H]2CC[C@H]3[C@@H]4CC[C@@H]5C[C@](C)(O)CC[C@]5(C)[C@H]4CC[C@]23C)nn1.CSc1cn[nH]c1.C[C@@]1(O)CC[C@@]2(C)[C@H](CC[C@@H]3[C@@H]2CC[C@]2(C)[C@@H](C(=O)CBr)CC[C@@H]32)C1.C[C@@]1(O)CC[C@@]2(C)[C@H](CC[C@@H]3[C@@H]2CC[C@]2(C)[C@@H](C(=O)Cn4cc(S(C)(=O)=O)nn4)CC[C@@H]32)C1.O=C(OO)c1cccc(Cl)c1. The van der Waals surface area contributed by atoms with Gasteiger partial charge < -0.3 is 15.3 Å². The van der Waals surface area contributed by atoms with Gasteiger partial charge in [-0.3, -0.25) is 24.4 Å². The Morgan fingerprint density at radius 3 is 1.28 bits per heavy atom. The molecular formula is C86H136BrClN8O11S3. The van der Waals surface area contributed by atoms with Crippen molar-refractivity contribution in [3.63, 3.8) is 0 Å². The summed E-state index contributed by atoms with van der Waals surface area (Å²) in [5.74, 6) is 9.13. The van der Waals surface area contributed by atoms with Gasteiger partial charge >= 0.3 is 5.97 Å². The van der Waals surface area contributed by atoms with Gasteiger partial charge in [-0.2, -0.15) is 10.4 Å². The van der Waals surface area contributed by atoms with Crippen LogP contribution >= 0.6 is 51.1 Å². The van der Waals surface area contributed by atoms with Gasteiger partial charge in [-0.05, 0) is 328 Å². The lowest BCUT2D eigenvalue weighted by molar-refractivity contribution is -0.182. The third kappa shape index (κ3) is 18.0. The van der Waals surface area contributed by atoms with Crippen LogP contribution in [0.3, 0.4) is 0 Å². The number of rotatable bonds is 12. The Bertz CT molecular complexity index is 3930. The molecule has 12 saturated carbocycles. The maximum absolute atomic E-state index is 13.4. The largest absolute Gasteiger partial charge is 0.390 e. The van der Waals surface area contributed by atoms with E-state index in [0.717, 1.165) is 118 Å². The summed E-state index contributed by atoms with van der Waals surface area (Å²) in [7, 11) is -3.43. The minimum absolute atomic E-state index is 0. The van der Waals surface area contributed by atoms with Crippen molar-refractivity contribution in [1.29, 1.82) is 0 Å². The predicted molar refractivity (Wildman–Crippen MR) is 441 cm³/mol. The zero-order valence-corrected chi connectivity index (χ0v) is 70.5. The molecule has 0 saturated heterocycles. The standard InChI is InChI=1S/C25H39N3O4S.C25H39N3O2S.C22H35BrO2.C7H5ClO3.C4H6N2S.3CH4/c1-23(30)11-12-24(2)16(13-23)5-6-17-18-7-8-20(25(18,3)10-9-19(17)24)21(29)14-28-15-22(26-27-28)33(4,31)32;1-23(30)11-12-24(2)16(13-23)5-6-17-18-7-8-20(25(18,3)10-9-19(17)24)21(29)14-28-15-22(31-4)26-27-28;1-20(25)10-11-21(2)14(12-20)4-5-15-16-6-7-18(19(24)13-23)22(16,3)9-8-17(15)21;8-6-3-1-2-5(4-6)7(9)11-10;1-7-4-2-5-6-3-4;;;/h15-20,30H,5-14H2,1-4H3;15-20,30H,5-14H2,1-4H3;14-18,25H,4-13H2,1-3H3;1-4,10H;2-3H,1H3,(H,5,6);3*1H4/t2*16-,17+,18+,19+,20-,23-,24+,25+;14-,15+,16+,17+,18-,20-,21+,22+;;;;;/m111...../s1. The lowest BCUT2D eigenvalue weighted by Gasteiger charge is -2.61. The third-order valence-corrected chi connectivity index (χ3v) is 35.3. The number of aromatic amines is 1. The Balaban J connectivity index is 0.000000169. The molecule has 12 aliphatic rings. The number of fused-ring (bicyclic) bond motifs is 15. The first kappa shape index (κ1) is 90.4. The molecule has 0 radical (unpaired) electrons. The summed E-state index contributed by atoms with van der Waals surface area (Å²) >= 11 is 12.2. The van der Waals surface area contributed by atoms with Crippen LogP contribution in [0.1, 0.15) is 268 Å². The van der Waals surface area contributed by atoms with Crippen molar-refractivity contribution in [3.8, 4) is 0 Å². The Morgan fingerprint density at radius 1 is 0.545 bits per heavy atom. The van der Waals surface area contributed by atoms with E-state index < -0.39 is 32.6 Å². The molecule has 0 amide bonds. The van der Waals surface area contributed by atoms with Gasteiger partial charge in [0.25, 0.3) is 0 Å². The molecule has 12 fully saturated rings. The summed E-state index contributed by atoms with van der Waals surface area (Å²) in [4.78, 5) is 54.6. The number of halogens is 2. The molecule has 4 aromatic rings. The van der Waals surface area contributed by atoms with E-state index in [4.69, 9.17) is 16.9 Å². The number of nitrogens with one attached hydrogen (secondary N) is 1. The molecule has 16 rings (SSSR count). The first-order valence-electron chi connectivity index (χ1n) is 40.4. The van der Waals surface area contributed by atoms with E-state index in [1.807, 2.05) is 45.7 Å². The normalized spacial score (nSPS) is 40.8. The summed E-state index contributed by atoms with van der Waals surface area (Å²) in [6, 6.07) is 6.11. The van der Waals surface area contributed by atoms with Gasteiger partial charge in [0.15, 0.2) is 26.4 Å². The Morgan fingerprint density at radius 2 is 0.945 bits per heavy atom. The van der Waals surface area contributed by atoms with Crippen molar-refractivity contribution in [3.05, 3.63) is 59.6 Å². The van der Waals surface area contributed by atoms with Crippen LogP contribution in [0.4, 0.5) is 0 Å². The van der Waals surface area contributed by atoms with Crippen LogP contribution in [-0.2, 0) is 42.2 Å². The van der Waals surface area contributed by atoms with Gasteiger partial charge in [0.05, 0.1) is 46.3 Å². The lowest BCUT2D eigenvalue weighted by Crippen LogP contribution is -2.55. The van der Waals surface area contributed by atoms with Crippen LogP contribution in [0.15, 0.2) is 64.0 Å². The van der Waals surface area contributed by atoms with Gasteiger partial charge in [0, 0.05) is 40.1 Å². The molecule has 0 bridgehead atoms. The van der Waals surface area contributed by atoms with Crippen molar-refractivity contribution >= 4 is 84.2 Å². The summed E-state index contributed by atoms with van der Waals surface area (Å²) in [5.41, 5.74) is 0.319. The molecule has 618 valence electrons. The number of aromatic nitrogens is 8. The second kappa shape index (κ2) is 34.9. The Labute approximate surface area is 680 Å². The minimum Gasteiger partial charge on any atom is -0.390 e. The Hall–Kier alpha value is -3.55. The molecule has 5 N–H and O–H groups in total. The second-order valence-corrected chi connectivity index (χ2v) is 42.8. The average Bonchev–Trinajstić information content (AvgIpc) is 1.41. The van der Waals surface area contributed by atoms with Crippen LogP contribution in [0, 0.1) is 121 Å². The lowest BCUT2D eigenvalue weighted by atomic mass is 9.44. The first-order valence-corrected chi connectivity index (χ1v) is 46.2. The number of H-pyrrole nitrogens is 1. The number of alkyl halides is 1. The average molecular weight is 1670 g/mol. The molecule has 24 heteroatoms. The molecule has 0 aliphatic heterocycles. The summed E-state index contributed by atoms with van der Waals surface area (Å²) < 4.78 is 26.5. The molecule has 1 aromatic carbocycles. The molecular weight excluding hydrogens is 1530 g/mol. The topological polar surface area (TPSA) is 283 Å². The molecule has 0 unspecified atom stereocenters. The van der Waals surface area contributed by atoms with Gasteiger partial charge in [0.1, 0.15) is 23.9 Å². The number of hydrogen-bond donors (Lipinski definition) is 5. The van der Waals surface area contributed by atoms with Gasteiger partial charge in [-0.1, -0.05) is 108 Å². The van der Waals surface area contributed by atoms with Crippen LogP contribution in [0.5, 0.6) is 0 Å². The monoisotopic (exact) mass is 1670 g/mol. The summed E-state index contributed by atoms with van der Waals surface area (Å²) in [6.45, 7) is 21.3. The number of benzene rings is 1. The number of sulfone groups is 1. The highest BCUT2D eigenvalue weighted by molar-refractivity contribution is 9.09. The highest BCUT2D eigenvalue weighted by atomic mass is 79.9. The smallest absolute Gasteiger partial charge is 0.372 e. The van der Waals surface area contributed by atoms with Gasteiger partial charge in [0.2, 0.25) is 0 Å². The quantitative estimate of drug-likeness (QED) is 0.0381. The second-order valence-electron chi connectivity index (χ2n) is 38.1. The number of ketones is 3. The molecule has 3 heterocycles. The predicted octanol–water partition coefficient (Wildman–Crippen LogP) is 19.0. The highest BCUT2D eigenvalue weighted by Gasteiger charge is 2.66. The number of aliphatic hydroxyl groups is 3. The molecule has 110 heavy (non-hydrogen) atoms. The number of nitrogens with zero attached hydrogens (tertiary/aromatic N) is 7. The molecule has 19 nitrogen and oxygen atoms in total. The third-order valence-electron chi connectivity index (χ3n) is 32.3. The van der Waals surface area contributed by atoms with E-state index in [1.165, 1.54) is 124 Å². The van der Waals surface area contributed by atoms with E-state index in [-0.39, 0.29) is 79.2 Å². The Kier molecular flexibility index (Phi) is 28.7. The van der Waals surface area contributed by atoms with Gasteiger partial charge in [-0.25, -0.2) is 22.6 Å².